The first kappa shape index (κ1) is 11.0. The molecule has 0 bridgehead atoms. The molecular weight excluding hydrogens is 162 g/mol. The van der Waals surface area contributed by atoms with E-state index in [0.29, 0.717) is 17.6 Å². The highest BCUT2D eigenvalue weighted by atomic mass is 35.5. The first-order valence-corrected chi connectivity index (χ1v) is 4.22. The van der Waals surface area contributed by atoms with Crippen LogP contribution in [-0.4, -0.2) is 24.3 Å². The third-order valence-electron chi connectivity index (χ3n) is 1.44. The van der Waals surface area contributed by atoms with E-state index in [1.807, 2.05) is 0 Å². The third-order valence-corrected chi connectivity index (χ3v) is 1.57. The van der Waals surface area contributed by atoms with Gasteiger partial charge in [0.15, 0.2) is 0 Å². The van der Waals surface area contributed by atoms with Crippen molar-refractivity contribution < 1.29 is 5.11 Å². The summed E-state index contributed by atoms with van der Waals surface area (Å²) in [6.07, 6.45) is 1.81. The van der Waals surface area contributed by atoms with Gasteiger partial charge in [-0.05, 0) is 19.8 Å². The summed E-state index contributed by atoms with van der Waals surface area (Å²) in [5, 5.41) is 12.3. The lowest BCUT2D eigenvalue weighted by molar-refractivity contribution is 0.277. The molecule has 1 unspecified atom stereocenters. The minimum Gasteiger partial charge on any atom is -0.396 e. The van der Waals surface area contributed by atoms with Crippen LogP contribution in [0.5, 0.6) is 0 Å². The maximum absolute atomic E-state index is 8.52. The number of aliphatic hydroxyl groups is 1. The molecule has 2 N–H and O–H groups in total. The van der Waals surface area contributed by atoms with Crippen LogP contribution in [0.2, 0.25) is 0 Å². The van der Waals surface area contributed by atoms with Crippen molar-refractivity contribution >= 4 is 11.6 Å². The highest BCUT2D eigenvalue weighted by Gasteiger charge is 1.99. The van der Waals surface area contributed by atoms with E-state index in [0.717, 1.165) is 12.8 Å². The van der Waals surface area contributed by atoms with Crippen LogP contribution in [0.3, 0.4) is 0 Å². The zero-order chi connectivity index (χ0) is 8.69. The molecule has 1 atom stereocenters. The van der Waals surface area contributed by atoms with E-state index >= 15 is 0 Å². The second-order valence-electron chi connectivity index (χ2n) is 2.67. The Morgan fingerprint density at radius 2 is 2.36 bits per heavy atom. The highest BCUT2D eigenvalue weighted by molar-refractivity contribution is 6.29. The molecule has 0 aromatic rings. The molecule has 0 radical (unpaired) electrons. The fraction of sp³-hybridized carbons (Fsp3) is 0.750. The molecule has 11 heavy (non-hydrogen) atoms. The van der Waals surface area contributed by atoms with Crippen LogP contribution >= 0.6 is 11.6 Å². The maximum Gasteiger partial charge on any atom is 0.0431 e. The van der Waals surface area contributed by atoms with E-state index in [9.17, 15) is 0 Å². The molecule has 0 aliphatic carbocycles. The second-order valence-corrected chi connectivity index (χ2v) is 3.20. The molecule has 3 heteroatoms. The van der Waals surface area contributed by atoms with Crippen LogP contribution < -0.4 is 5.32 Å². The van der Waals surface area contributed by atoms with Crippen molar-refractivity contribution in [2.75, 3.05) is 13.2 Å². The number of hydrogen-bond donors (Lipinski definition) is 2. The van der Waals surface area contributed by atoms with Crippen molar-refractivity contribution in [3.05, 3.63) is 11.6 Å². The topological polar surface area (TPSA) is 32.3 Å². The molecule has 0 heterocycles. The molecule has 0 saturated carbocycles. The van der Waals surface area contributed by atoms with Crippen molar-refractivity contribution in [2.45, 2.75) is 25.8 Å². The molecule has 0 saturated heterocycles. The maximum atomic E-state index is 8.52. The predicted molar refractivity (Wildman–Crippen MR) is 48.8 cm³/mol. The van der Waals surface area contributed by atoms with Gasteiger partial charge in [-0.3, -0.25) is 0 Å². The average molecular weight is 178 g/mol. The minimum atomic E-state index is 0.258. The SMILES string of the molecule is C=C(Cl)CNC(C)CCCO. The van der Waals surface area contributed by atoms with E-state index in [2.05, 4.69) is 18.8 Å². The van der Waals surface area contributed by atoms with Gasteiger partial charge < -0.3 is 10.4 Å². The molecule has 66 valence electrons. The normalized spacial score (nSPS) is 13.0. The first-order chi connectivity index (χ1) is 5.16. The summed E-state index contributed by atoms with van der Waals surface area (Å²) in [6.45, 7) is 6.53. The van der Waals surface area contributed by atoms with Crippen molar-refractivity contribution in [3.8, 4) is 0 Å². The molecule has 0 aliphatic heterocycles. The largest absolute Gasteiger partial charge is 0.396 e. The van der Waals surface area contributed by atoms with Gasteiger partial charge in [0.1, 0.15) is 0 Å². The molecule has 2 nitrogen and oxygen atoms in total. The van der Waals surface area contributed by atoms with Crippen LogP contribution in [-0.2, 0) is 0 Å². The first-order valence-electron chi connectivity index (χ1n) is 3.84. The number of rotatable bonds is 6. The summed E-state index contributed by atoms with van der Waals surface area (Å²) in [7, 11) is 0. The predicted octanol–water partition coefficient (Wildman–Crippen LogP) is 1.49. The Hall–Kier alpha value is -0.0500. The Balaban J connectivity index is 3.22. The van der Waals surface area contributed by atoms with Gasteiger partial charge in [-0.1, -0.05) is 18.2 Å². The van der Waals surface area contributed by atoms with E-state index in [-0.39, 0.29) is 6.61 Å². The Bertz CT molecular complexity index is 117. The van der Waals surface area contributed by atoms with Crippen LogP contribution in [0, 0.1) is 0 Å². The van der Waals surface area contributed by atoms with E-state index in [1.54, 1.807) is 0 Å². The Labute approximate surface area is 73.3 Å². The minimum absolute atomic E-state index is 0.258. The molecule has 0 aromatic heterocycles. The Morgan fingerprint density at radius 1 is 1.73 bits per heavy atom. The smallest absolute Gasteiger partial charge is 0.0431 e. The second kappa shape index (κ2) is 6.65. The lowest BCUT2D eigenvalue weighted by atomic mass is 10.2. The van der Waals surface area contributed by atoms with Gasteiger partial charge in [0.2, 0.25) is 0 Å². The molecule has 0 amide bonds. The monoisotopic (exact) mass is 177 g/mol. The molecular formula is C8H16ClNO. The number of hydrogen-bond acceptors (Lipinski definition) is 2. The highest BCUT2D eigenvalue weighted by Crippen LogP contribution is 1.98. The summed E-state index contributed by atoms with van der Waals surface area (Å²) >= 11 is 5.55. The Morgan fingerprint density at radius 3 is 2.82 bits per heavy atom. The van der Waals surface area contributed by atoms with E-state index < -0.39 is 0 Å². The summed E-state index contributed by atoms with van der Waals surface area (Å²) in [6, 6.07) is 0.401. The number of halogens is 1. The van der Waals surface area contributed by atoms with Gasteiger partial charge in [-0.2, -0.15) is 0 Å². The van der Waals surface area contributed by atoms with E-state index in [1.165, 1.54) is 0 Å². The zero-order valence-corrected chi connectivity index (χ0v) is 7.69. The Kier molecular flexibility index (Phi) is 6.62. The molecule has 0 aliphatic rings. The fourth-order valence-corrected chi connectivity index (χ4v) is 0.862. The number of aliphatic hydroxyl groups excluding tert-OH is 1. The third kappa shape index (κ3) is 7.85. The fourth-order valence-electron chi connectivity index (χ4n) is 0.785. The van der Waals surface area contributed by atoms with Gasteiger partial charge in [0.25, 0.3) is 0 Å². The van der Waals surface area contributed by atoms with Gasteiger partial charge >= 0.3 is 0 Å². The average Bonchev–Trinajstić information content (AvgIpc) is 1.97. The molecule has 0 fully saturated rings. The summed E-state index contributed by atoms with van der Waals surface area (Å²) in [4.78, 5) is 0. The lowest BCUT2D eigenvalue weighted by Gasteiger charge is -2.11. The van der Waals surface area contributed by atoms with Gasteiger partial charge in [-0.15, -0.1) is 0 Å². The lowest BCUT2D eigenvalue weighted by Crippen LogP contribution is -2.27. The van der Waals surface area contributed by atoms with Crippen LogP contribution in [0.25, 0.3) is 0 Å². The molecule has 0 aromatic carbocycles. The summed E-state index contributed by atoms with van der Waals surface area (Å²) < 4.78 is 0. The molecule has 0 spiro atoms. The van der Waals surface area contributed by atoms with Gasteiger partial charge in [-0.25, -0.2) is 0 Å². The zero-order valence-electron chi connectivity index (χ0n) is 6.94. The van der Waals surface area contributed by atoms with Crippen molar-refractivity contribution in [3.63, 3.8) is 0 Å². The van der Waals surface area contributed by atoms with Gasteiger partial charge in [0.05, 0.1) is 0 Å². The van der Waals surface area contributed by atoms with E-state index in [4.69, 9.17) is 16.7 Å². The standard InChI is InChI=1S/C8H16ClNO/c1-7(9)6-10-8(2)4-3-5-11/h8,10-11H,1,3-6H2,2H3. The van der Waals surface area contributed by atoms with Crippen molar-refractivity contribution in [2.24, 2.45) is 0 Å². The quantitative estimate of drug-likeness (QED) is 0.645. The molecule has 0 rings (SSSR count). The van der Waals surface area contributed by atoms with Crippen LogP contribution in [0.4, 0.5) is 0 Å². The van der Waals surface area contributed by atoms with Crippen LogP contribution in [0.15, 0.2) is 11.6 Å². The van der Waals surface area contributed by atoms with Crippen LogP contribution in [0.1, 0.15) is 19.8 Å². The van der Waals surface area contributed by atoms with Crippen molar-refractivity contribution in [1.29, 1.82) is 0 Å². The van der Waals surface area contributed by atoms with Gasteiger partial charge in [0, 0.05) is 24.2 Å². The number of nitrogens with one attached hydrogen (secondary N) is 1. The summed E-state index contributed by atoms with van der Waals surface area (Å²) in [5.74, 6) is 0. The summed E-state index contributed by atoms with van der Waals surface area (Å²) in [5.41, 5.74) is 0. The van der Waals surface area contributed by atoms with Crippen molar-refractivity contribution in [1.82, 2.24) is 5.32 Å².